The van der Waals surface area contributed by atoms with E-state index in [1.165, 1.54) is 0 Å². The van der Waals surface area contributed by atoms with Crippen molar-refractivity contribution in [3.8, 4) is 11.5 Å². The van der Waals surface area contributed by atoms with Crippen LogP contribution in [0.5, 0.6) is 11.5 Å². The Morgan fingerprint density at radius 2 is 2.04 bits per heavy atom. The number of hydrogen-bond donors (Lipinski definition) is 0. The number of amides is 1. The maximum atomic E-state index is 12.8. The maximum absolute atomic E-state index is 12.8. The van der Waals surface area contributed by atoms with Crippen LogP contribution in [0.15, 0.2) is 34.9 Å². The first-order chi connectivity index (χ1) is 13.2. The lowest BCUT2D eigenvalue weighted by Crippen LogP contribution is -2.39. The highest BCUT2D eigenvalue weighted by atomic mass is 16.7. The second-order valence-corrected chi connectivity index (χ2v) is 7.21. The van der Waals surface area contributed by atoms with Crippen LogP contribution in [0.25, 0.3) is 0 Å². The largest absolute Gasteiger partial charge is 0.469 e. The van der Waals surface area contributed by atoms with Crippen molar-refractivity contribution in [2.24, 2.45) is 0 Å². The smallest absolute Gasteiger partial charge is 0.254 e. The lowest BCUT2D eigenvalue weighted by atomic mass is 9.97. The third-order valence-corrected chi connectivity index (χ3v) is 5.30. The van der Waals surface area contributed by atoms with Crippen LogP contribution in [-0.2, 0) is 12.8 Å². The zero-order valence-electron chi connectivity index (χ0n) is 15.8. The maximum Gasteiger partial charge on any atom is 0.254 e. The van der Waals surface area contributed by atoms with Crippen LogP contribution in [0.2, 0.25) is 0 Å². The van der Waals surface area contributed by atoms with Crippen LogP contribution in [0, 0.1) is 0 Å². The molecule has 0 saturated carbocycles. The Hall–Kier alpha value is -2.47. The topological polar surface area (TPSA) is 55.2 Å². The number of carbonyl (C=O) groups excluding carboxylic acids is 1. The number of ether oxygens (including phenoxy) is 2. The van der Waals surface area contributed by atoms with E-state index in [-0.39, 0.29) is 12.7 Å². The van der Waals surface area contributed by atoms with Crippen molar-refractivity contribution in [1.29, 1.82) is 0 Å². The summed E-state index contributed by atoms with van der Waals surface area (Å²) in [5, 5.41) is 0. The fourth-order valence-electron chi connectivity index (χ4n) is 3.83. The fourth-order valence-corrected chi connectivity index (χ4v) is 3.83. The summed E-state index contributed by atoms with van der Waals surface area (Å²) in [7, 11) is 2.14. The summed E-state index contributed by atoms with van der Waals surface area (Å²) in [4.78, 5) is 17.1. The van der Waals surface area contributed by atoms with Gasteiger partial charge >= 0.3 is 0 Å². The lowest BCUT2D eigenvalue weighted by molar-refractivity contribution is 0.0731. The highest BCUT2D eigenvalue weighted by Crippen LogP contribution is 2.39. The van der Waals surface area contributed by atoms with Gasteiger partial charge in [-0.25, -0.2) is 0 Å². The van der Waals surface area contributed by atoms with Gasteiger partial charge in [0, 0.05) is 30.6 Å². The molecule has 6 heteroatoms. The Balaban J connectivity index is 1.23. The SMILES string of the molecule is CN(CCCc1ccco1)CCCN1CCc2c(ccc3c2OCO3)C1=O. The van der Waals surface area contributed by atoms with Crippen molar-refractivity contribution < 1.29 is 18.7 Å². The van der Waals surface area contributed by atoms with Gasteiger partial charge in [0.2, 0.25) is 6.79 Å². The van der Waals surface area contributed by atoms with E-state index in [1.54, 1.807) is 6.26 Å². The first-order valence-corrected chi connectivity index (χ1v) is 9.64. The molecule has 0 atom stereocenters. The zero-order valence-corrected chi connectivity index (χ0v) is 15.8. The molecule has 2 aliphatic heterocycles. The van der Waals surface area contributed by atoms with Crippen molar-refractivity contribution in [3.05, 3.63) is 47.4 Å². The van der Waals surface area contributed by atoms with Crippen molar-refractivity contribution in [2.75, 3.05) is 40.0 Å². The molecule has 0 unspecified atom stereocenters. The minimum absolute atomic E-state index is 0.107. The average molecular weight is 370 g/mol. The molecule has 1 aromatic carbocycles. The molecule has 2 aliphatic rings. The van der Waals surface area contributed by atoms with Gasteiger partial charge in [-0.3, -0.25) is 4.79 Å². The first-order valence-electron chi connectivity index (χ1n) is 9.64. The monoisotopic (exact) mass is 370 g/mol. The van der Waals surface area contributed by atoms with Crippen molar-refractivity contribution in [3.63, 3.8) is 0 Å². The number of hydrogen-bond acceptors (Lipinski definition) is 5. The summed E-state index contributed by atoms with van der Waals surface area (Å²) in [6.07, 6.45) is 5.57. The predicted molar refractivity (Wildman–Crippen MR) is 101 cm³/mol. The molecule has 6 nitrogen and oxygen atoms in total. The molecular weight excluding hydrogens is 344 g/mol. The van der Waals surface area contributed by atoms with Crippen LogP contribution >= 0.6 is 0 Å². The molecule has 2 aromatic rings. The van der Waals surface area contributed by atoms with Crippen molar-refractivity contribution >= 4 is 5.91 Å². The standard InChI is InChI=1S/C21H26N2O4/c1-22(10-2-5-16-6-3-14-25-16)11-4-12-23-13-9-17-18(21(23)24)7-8-19-20(17)27-15-26-19/h3,6-8,14H,2,4-5,9-13,15H2,1H3. The van der Waals surface area contributed by atoms with Crippen LogP contribution in [-0.4, -0.2) is 55.7 Å². The highest BCUT2D eigenvalue weighted by Gasteiger charge is 2.30. The van der Waals surface area contributed by atoms with E-state index >= 15 is 0 Å². The van der Waals surface area contributed by atoms with E-state index in [9.17, 15) is 4.79 Å². The molecule has 0 spiro atoms. The second kappa shape index (κ2) is 8.05. The molecule has 0 radical (unpaired) electrons. The summed E-state index contributed by atoms with van der Waals surface area (Å²) < 4.78 is 16.3. The van der Waals surface area contributed by atoms with Crippen LogP contribution in [0.4, 0.5) is 0 Å². The fraction of sp³-hybridized carbons (Fsp3) is 0.476. The number of rotatable bonds is 8. The summed E-state index contributed by atoms with van der Waals surface area (Å²) in [6, 6.07) is 7.67. The highest BCUT2D eigenvalue weighted by molar-refractivity contribution is 5.98. The number of carbonyl (C=O) groups is 1. The summed E-state index contributed by atoms with van der Waals surface area (Å²) in [5.41, 5.74) is 1.76. The van der Waals surface area contributed by atoms with Crippen LogP contribution in [0.1, 0.15) is 34.5 Å². The Morgan fingerprint density at radius 3 is 2.89 bits per heavy atom. The van der Waals surface area contributed by atoms with E-state index in [1.807, 2.05) is 29.2 Å². The van der Waals surface area contributed by atoms with Gasteiger partial charge in [0.15, 0.2) is 11.5 Å². The van der Waals surface area contributed by atoms with Crippen LogP contribution < -0.4 is 9.47 Å². The zero-order chi connectivity index (χ0) is 18.6. The summed E-state index contributed by atoms with van der Waals surface area (Å²) in [6.45, 7) is 3.79. The molecule has 0 aliphatic carbocycles. The molecule has 0 N–H and O–H groups in total. The van der Waals surface area contributed by atoms with Crippen molar-refractivity contribution in [1.82, 2.24) is 9.80 Å². The van der Waals surface area contributed by atoms with E-state index in [2.05, 4.69) is 11.9 Å². The molecule has 3 heterocycles. The summed E-state index contributed by atoms with van der Waals surface area (Å²) >= 11 is 0. The number of aryl methyl sites for hydroxylation is 1. The third-order valence-electron chi connectivity index (χ3n) is 5.30. The van der Waals surface area contributed by atoms with Gasteiger partial charge in [-0.1, -0.05) is 0 Å². The molecule has 27 heavy (non-hydrogen) atoms. The molecular formula is C21H26N2O4. The molecule has 0 bridgehead atoms. The van der Waals surface area contributed by atoms with Gasteiger partial charge in [0.05, 0.1) is 6.26 Å². The molecule has 144 valence electrons. The molecule has 0 saturated heterocycles. The Kier molecular flexibility index (Phi) is 5.34. The molecule has 1 amide bonds. The van der Waals surface area contributed by atoms with Gasteiger partial charge in [-0.15, -0.1) is 0 Å². The Morgan fingerprint density at radius 1 is 1.15 bits per heavy atom. The minimum Gasteiger partial charge on any atom is -0.469 e. The Labute approximate surface area is 159 Å². The van der Waals surface area contributed by atoms with Gasteiger partial charge in [0.25, 0.3) is 5.91 Å². The second-order valence-electron chi connectivity index (χ2n) is 7.21. The predicted octanol–water partition coefficient (Wildman–Crippen LogP) is 2.96. The Bertz CT molecular complexity index is 788. The first kappa shape index (κ1) is 17.9. The van der Waals surface area contributed by atoms with E-state index in [0.717, 1.165) is 80.2 Å². The number of fused-ring (bicyclic) bond motifs is 3. The average Bonchev–Trinajstić information content (AvgIpc) is 3.35. The van der Waals surface area contributed by atoms with Crippen LogP contribution in [0.3, 0.4) is 0 Å². The molecule has 0 fully saturated rings. The van der Waals surface area contributed by atoms with Gasteiger partial charge in [-0.2, -0.15) is 0 Å². The quantitative estimate of drug-likeness (QED) is 0.715. The van der Waals surface area contributed by atoms with Crippen molar-refractivity contribution in [2.45, 2.75) is 25.7 Å². The van der Waals surface area contributed by atoms with E-state index in [4.69, 9.17) is 13.9 Å². The minimum atomic E-state index is 0.107. The molecule has 1 aromatic heterocycles. The third kappa shape index (κ3) is 3.95. The number of benzene rings is 1. The van der Waals surface area contributed by atoms with E-state index in [0.29, 0.717) is 0 Å². The molecule has 4 rings (SSSR count). The number of furan rings is 1. The summed E-state index contributed by atoms with van der Waals surface area (Å²) in [5.74, 6) is 2.67. The lowest BCUT2D eigenvalue weighted by Gasteiger charge is -2.29. The van der Waals surface area contributed by atoms with Gasteiger partial charge in [0.1, 0.15) is 5.76 Å². The number of nitrogens with zero attached hydrogens (tertiary/aromatic N) is 2. The normalized spacial score (nSPS) is 15.5. The van der Waals surface area contributed by atoms with Gasteiger partial charge in [-0.05, 0) is 63.7 Å². The van der Waals surface area contributed by atoms with E-state index < -0.39 is 0 Å². The van der Waals surface area contributed by atoms with Gasteiger partial charge < -0.3 is 23.7 Å².